The molecule has 0 aliphatic carbocycles. The number of anilines is 1. The minimum atomic E-state index is -4.10. The summed E-state index contributed by atoms with van der Waals surface area (Å²) in [6.45, 7) is 5.48. The van der Waals surface area contributed by atoms with Gasteiger partial charge < -0.3 is 19.7 Å². The van der Waals surface area contributed by atoms with Crippen LogP contribution < -0.4 is 14.8 Å². The quantitative estimate of drug-likeness (QED) is 0.606. The van der Waals surface area contributed by atoms with Crippen molar-refractivity contribution in [1.82, 2.24) is 10.2 Å². The van der Waals surface area contributed by atoms with Gasteiger partial charge in [0.1, 0.15) is 5.75 Å². The lowest BCUT2D eigenvalue weighted by Crippen LogP contribution is -2.40. The molecule has 0 aromatic heterocycles. The molecule has 0 radical (unpaired) electrons. The Morgan fingerprint density at radius 2 is 1.82 bits per heavy atom. The Kier molecular flexibility index (Phi) is 7.93. The van der Waals surface area contributed by atoms with E-state index in [9.17, 15) is 18.0 Å². The first-order valence-corrected chi connectivity index (χ1v) is 12.2. The topological polar surface area (TPSA) is 114 Å². The molecule has 1 fully saturated rings. The van der Waals surface area contributed by atoms with Crippen LogP contribution in [0.5, 0.6) is 5.75 Å². The fraction of sp³-hybridized carbons (Fsp3) is 0.391. The Balaban J connectivity index is 1.91. The monoisotopic (exact) mass is 475 g/mol. The second-order valence-electron chi connectivity index (χ2n) is 7.70. The van der Waals surface area contributed by atoms with Crippen LogP contribution in [0.4, 0.5) is 5.69 Å². The third-order valence-electron chi connectivity index (χ3n) is 5.42. The maximum Gasteiger partial charge on any atom is 0.261 e. The third-order valence-corrected chi connectivity index (χ3v) is 6.78. The van der Waals surface area contributed by atoms with Crippen LogP contribution in [0.1, 0.15) is 41.0 Å². The third kappa shape index (κ3) is 5.82. The van der Waals surface area contributed by atoms with Gasteiger partial charge in [0.05, 0.1) is 42.0 Å². The van der Waals surface area contributed by atoms with Gasteiger partial charge in [0, 0.05) is 19.1 Å². The molecule has 2 amide bonds. The maximum atomic E-state index is 13.2. The highest BCUT2D eigenvalue weighted by atomic mass is 32.2. The summed E-state index contributed by atoms with van der Waals surface area (Å²) in [4.78, 5) is 27.1. The minimum Gasteiger partial charge on any atom is -0.496 e. The highest BCUT2D eigenvalue weighted by molar-refractivity contribution is 7.92. The number of morpholine rings is 1. The van der Waals surface area contributed by atoms with E-state index in [-0.39, 0.29) is 45.3 Å². The van der Waals surface area contributed by atoms with Gasteiger partial charge in [0.25, 0.3) is 21.8 Å². The molecule has 2 aromatic rings. The van der Waals surface area contributed by atoms with Crippen LogP contribution in [0.3, 0.4) is 0 Å². The number of carbonyl (C=O) groups is 2. The zero-order valence-electron chi connectivity index (χ0n) is 19.0. The smallest absolute Gasteiger partial charge is 0.261 e. The predicted molar refractivity (Wildman–Crippen MR) is 124 cm³/mol. The standard InChI is InChI=1S/C23H29N3O6S/c1-4-16(2)24-22(27)18-7-5-6-8-20(18)25-33(29,30)17-9-10-21(31-3)19(15-17)23(28)26-11-13-32-14-12-26/h5-10,15-16,25H,4,11-14H2,1-3H3,(H,24,27)/t16-/m0/s1. The first-order chi connectivity index (χ1) is 15.8. The van der Waals surface area contributed by atoms with E-state index in [1.807, 2.05) is 13.8 Å². The van der Waals surface area contributed by atoms with Crippen molar-refractivity contribution in [3.63, 3.8) is 0 Å². The van der Waals surface area contributed by atoms with Crippen LogP contribution in [-0.4, -0.2) is 64.6 Å². The van der Waals surface area contributed by atoms with E-state index in [0.29, 0.717) is 26.3 Å². The van der Waals surface area contributed by atoms with E-state index in [4.69, 9.17) is 9.47 Å². The Hall–Kier alpha value is -3.11. The first-order valence-electron chi connectivity index (χ1n) is 10.7. The van der Waals surface area contributed by atoms with Crippen LogP contribution in [0, 0.1) is 0 Å². The zero-order valence-corrected chi connectivity index (χ0v) is 19.8. The van der Waals surface area contributed by atoms with Crippen molar-refractivity contribution in [3.8, 4) is 5.75 Å². The van der Waals surface area contributed by atoms with Crippen LogP contribution in [-0.2, 0) is 14.8 Å². The Morgan fingerprint density at radius 1 is 1.12 bits per heavy atom. The first kappa shape index (κ1) is 24.5. The van der Waals surface area contributed by atoms with E-state index in [0.717, 1.165) is 6.42 Å². The molecule has 33 heavy (non-hydrogen) atoms. The fourth-order valence-electron chi connectivity index (χ4n) is 3.34. The average Bonchev–Trinajstić information content (AvgIpc) is 2.83. The number of amides is 2. The molecule has 178 valence electrons. The molecule has 3 rings (SSSR count). The number of carbonyl (C=O) groups excluding carboxylic acids is 2. The van der Waals surface area contributed by atoms with Gasteiger partial charge >= 0.3 is 0 Å². The van der Waals surface area contributed by atoms with Crippen LogP contribution in [0.15, 0.2) is 47.4 Å². The normalized spacial score (nSPS) is 14.9. The van der Waals surface area contributed by atoms with Crippen molar-refractivity contribution in [2.75, 3.05) is 38.1 Å². The lowest BCUT2D eigenvalue weighted by atomic mass is 10.1. The molecule has 2 N–H and O–H groups in total. The number of hydrogen-bond donors (Lipinski definition) is 2. The molecule has 9 nitrogen and oxygen atoms in total. The maximum absolute atomic E-state index is 13.2. The summed E-state index contributed by atoms with van der Waals surface area (Å²) >= 11 is 0. The Bertz CT molecular complexity index is 1110. The molecular formula is C23H29N3O6S. The SMILES string of the molecule is CC[C@H](C)NC(=O)c1ccccc1NS(=O)(=O)c1ccc(OC)c(C(=O)N2CCOCC2)c1. The van der Waals surface area contributed by atoms with Gasteiger partial charge in [-0.2, -0.15) is 0 Å². The number of methoxy groups -OCH3 is 1. The zero-order chi connectivity index (χ0) is 24.0. The van der Waals surface area contributed by atoms with Crippen LogP contribution in [0.2, 0.25) is 0 Å². The molecular weight excluding hydrogens is 446 g/mol. The molecule has 2 aromatic carbocycles. The number of sulfonamides is 1. The van der Waals surface area contributed by atoms with Crippen molar-refractivity contribution < 1.29 is 27.5 Å². The largest absolute Gasteiger partial charge is 0.496 e. The molecule has 0 spiro atoms. The number of ether oxygens (including phenoxy) is 2. The summed E-state index contributed by atoms with van der Waals surface area (Å²) in [5, 5.41) is 2.84. The van der Waals surface area contributed by atoms with Gasteiger partial charge in [0.2, 0.25) is 0 Å². The summed E-state index contributed by atoms with van der Waals surface area (Å²) in [6, 6.07) is 10.4. The van der Waals surface area contributed by atoms with Gasteiger partial charge in [0.15, 0.2) is 0 Å². The van der Waals surface area contributed by atoms with Gasteiger partial charge in [-0.1, -0.05) is 19.1 Å². The highest BCUT2D eigenvalue weighted by Crippen LogP contribution is 2.27. The minimum absolute atomic E-state index is 0.0579. The summed E-state index contributed by atoms with van der Waals surface area (Å²) in [7, 11) is -2.68. The Labute approximate surface area is 194 Å². The van der Waals surface area contributed by atoms with Crippen LogP contribution >= 0.6 is 0 Å². The second-order valence-corrected chi connectivity index (χ2v) is 9.38. The van der Waals surface area contributed by atoms with Crippen molar-refractivity contribution in [3.05, 3.63) is 53.6 Å². The van der Waals surface area contributed by atoms with E-state index >= 15 is 0 Å². The Morgan fingerprint density at radius 3 is 2.48 bits per heavy atom. The van der Waals surface area contributed by atoms with Gasteiger partial charge in [-0.15, -0.1) is 0 Å². The van der Waals surface area contributed by atoms with Crippen molar-refractivity contribution in [1.29, 1.82) is 0 Å². The number of nitrogens with one attached hydrogen (secondary N) is 2. The fourth-order valence-corrected chi connectivity index (χ4v) is 4.44. The second kappa shape index (κ2) is 10.7. The molecule has 0 unspecified atom stereocenters. The summed E-state index contributed by atoms with van der Waals surface area (Å²) in [5.74, 6) is -0.431. The molecule has 1 saturated heterocycles. The molecule has 1 aliphatic rings. The summed E-state index contributed by atoms with van der Waals surface area (Å²) in [6.07, 6.45) is 0.741. The highest BCUT2D eigenvalue weighted by Gasteiger charge is 2.25. The number of benzene rings is 2. The number of hydrogen-bond acceptors (Lipinski definition) is 6. The van der Waals surface area contributed by atoms with Gasteiger partial charge in [-0.25, -0.2) is 8.42 Å². The van der Waals surface area contributed by atoms with Crippen molar-refractivity contribution >= 4 is 27.5 Å². The van der Waals surface area contributed by atoms with E-state index in [2.05, 4.69) is 10.0 Å². The number of para-hydroxylation sites is 1. The number of nitrogens with zero attached hydrogens (tertiary/aromatic N) is 1. The molecule has 0 saturated carbocycles. The molecule has 10 heteroatoms. The van der Waals surface area contributed by atoms with Crippen molar-refractivity contribution in [2.45, 2.75) is 31.2 Å². The van der Waals surface area contributed by atoms with E-state index in [1.165, 1.54) is 31.4 Å². The van der Waals surface area contributed by atoms with Gasteiger partial charge in [-0.05, 0) is 43.7 Å². The van der Waals surface area contributed by atoms with Crippen LogP contribution in [0.25, 0.3) is 0 Å². The summed E-state index contributed by atoms with van der Waals surface area (Å²) in [5.41, 5.74) is 0.500. The van der Waals surface area contributed by atoms with E-state index < -0.39 is 10.0 Å². The van der Waals surface area contributed by atoms with Gasteiger partial charge in [-0.3, -0.25) is 14.3 Å². The molecule has 1 aliphatic heterocycles. The molecule has 0 bridgehead atoms. The number of rotatable bonds is 8. The van der Waals surface area contributed by atoms with E-state index in [1.54, 1.807) is 23.1 Å². The van der Waals surface area contributed by atoms with Crippen molar-refractivity contribution in [2.24, 2.45) is 0 Å². The average molecular weight is 476 g/mol. The molecule has 1 heterocycles. The lowest BCUT2D eigenvalue weighted by molar-refractivity contribution is 0.0300. The lowest BCUT2D eigenvalue weighted by Gasteiger charge is -2.27. The molecule has 1 atom stereocenters. The predicted octanol–water partition coefficient (Wildman–Crippen LogP) is 2.50. The summed E-state index contributed by atoms with van der Waals surface area (Å²) < 4.78 is 39.4.